The lowest BCUT2D eigenvalue weighted by Gasteiger charge is -2.15. The predicted molar refractivity (Wildman–Crippen MR) is 63.4 cm³/mol. The highest BCUT2D eigenvalue weighted by molar-refractivity contribution is 5.38. The first kappa shape index (κ1) is 12.2. The van der Waals surface area contributed by atoms with Crippen LogP contribution in [0.3, 0.4) is 0 Å². The number of ether oxygens (including phenoxy) is 1. The van der Waals surface area contributed by atoms with Crippen molar-refractivity contribution in [2.75, 3.05) is 19.0 Å². The molecule has 1 fully saturated rings. The quantitative estimate of drug-likeness (QED) is 0.857. The van der Waals surface area contributed by atoms with E-state index in [9.17, 15) is 4.39 Å². The maximum absolute atomic E-state index is 13.7. The first-order valence-corrected chi connectivity index (χ1v) is 5.98. The minimum Gasteiger partial charge on any atom is -0.373 e. The standard InChI is InChI=1S/C12H18FN3O/c1-4-14-11-9(13)7(2)15-12(16-11)10(17-3)8-5-6-8/h8,10H,4-6H2,1-3H3,(H,14,15,16). The average molecular weight is 239 g/mol. The Hall–Kier alpha value is -1.23. The van der Waals surface area contributed by atoms with Crippen LogP contribution in [0.15, 0.2) is 0 Å². The fraction of sp³-hybridized carbons (Fsp3) is 0.667. The Bertz CT molecular complexity index is 407. The molecule has 1 aliphatic rings. The van der Waals surface area contributed by atoms with Crippen LogP contribution in [0, 0.1) is 18.7 Å². The Morgan fingerprint density at radius 1 is 1.47 bits per heavy atom. The predicted octanol–water partition coefficient (Wildman–Crippen LogP) is 2.45. The van der Waals surface area contributed by atoms with Gasteiger partial charge >= 0.3 is 0 Å². The molecule has 0 aromatic carbocycles. The Morgan fingerprint density at radius 3 is 2.71 bits per heavy atom. The van der Waals surface area contributed by atoms with Crippen LogP contribution in [0.25, 0.3) is 0 Å². The molecule has 0 aliphatic heterocycles. The van der Waals surface area contributed by atoms with E-state index in [2.05, 4.69) is 15.3 Å². The number of aryl methyl sites for hydroxylation is 1. The fourth-order valence-electron chi connectivity index (χ4n) is 1.90. The van der Waals surface area contributed by atoms with Crippen molar-refractivity contribution in [1.82, 2.24) is 9.97 Å². The van der Waals surface area contributed by atoms with Crippen LogP contribution in [0.1, 0.15) is 37.4 Å². The van der Waals surface area contributed by atoms with E-state index in [0.717, 1.165) is 12.8 Å². The number of aromatic nitrogens is 2. The second-order valence-corrected chi connectivity index (χ2v) is 4.35. The molecule has 94 valence electrons. The highest BCUT2D eigenvalue weighted by Gasteiger charge is 2.35. The van der Waals surface area contributed by atoms with Crippen molar-refractivity contribution in [1.29, 1.82) is 0 Å². The van der Waals surface area contributed by atoms with E-state index in [1.807, 2.05) is 6.92 Å². The van der Waals surface area contributed by atoms with Gasteiger partial charge in [0.2, 0.25) is 0 Å². The van der Waals surface area contributed by atoms with Crippen molar-refractivity contribution in [3.63, 3.8) is 0 Å². The molecular weight excluding hydrogens is 221 g/mol. The number of hydrogen-bond donors (Lipinski definition) is 1. The van der Waals surface area contributed by atoms with Crippen LogP contribution in [-0.4, -0.2) is 23.6 Å². The molecule has 0 radical (unpaired) electrons. The molecule has 2 rings (SSSR count). The minimum atomic E-state index is -0.374. The van der Waals surface area contributed by atoms with Gasteiger partial charge in [0.1, 0.15) is 6.10 Å². The zero-order chi connectivity index (χ0) is 12.4. The van der Waals surface area contributed by atoms with Gasteiger partial charge in [-0.25, -0.2) is 14.4 Å². The first-order chi connectivity index (χ1) is 8.17. The lowest BCUT2D eigenvalue weighted by Crippen LogP contribution is -2.14. The highest BCUT2D eigenvalue weighted by Crippen LogP contribution is 2.42. The summed E-state index contributed by atoms with van der Waals surface area (Å²) in [5, 5.41) is 2.91. The van der Waals surface area contributed by atoms with Crippen molar-refractivity contribution < 1.29 is 9.13 Å². The van der Waals surface area contributed by atoms with Crippen molar-refractivity contribution in [3.05, 3.63) is 17.3 Å². The van der Waals surface area contributed by atoms with Gasteiger partial charge in [-0.15, -0.1) is 0 Å². The summed E-state index contributed by atoms with van der Waals surface area (Å²) in [6, 6.07) is 0. The summed E-state index contributed by atoms with van der Waals surface area (Å²) in [7, 11) is 1.65. The Labute approximate surface area is 101 Å². The largest absolute Gasteiger partial charge is 0.373 e. The van der Waals surface area contributed by atoms with Crippen molar-refractivity contribution in [2.45, 2.75) is 32.8 Å². The monoisotopic (exact) mass is 239 g/mol. The summed E-state index contributed by atoms with van der Waals surface area (Å²) in [6.07, 6.45) is 2.16. The number of nitrogens with zero attached hydrogens (tertiary/aromatic N) is 2. The molecule has 0 spiro atoms. The van der Waals surface area contributed by atoms with Gasteiger partial charge in [-0.2, -0.15) is 0 Å². The van der Waals surface area contributed by atoms with Crippen LogP contribution >= 0.6 is 0 Å². The maximum atomic E-state index is 13.7. The van der Waals surface area contributed by atoms with Crippen LogP contribution in [-0.2, 0) is 4.74 Å². The van der Waals surface area contributed by atoms with Gasteiger partial charge in [0.25, 0.3) is 0 Å². The Morgan fingerprint density at radius 2 is 2.18 bits per heavy atom. The lowest BCUT2D eigenvalue weighted by atomic mass is 10.2. The molecule has 1 unspecified atom stereocenters. The molecule has 4 nitrogen and oxygen atoms in total. The van der Waals surface area contributed by atoms with E-state index >= 15 is 0 Å². The van der Waals surface area contributed by atoms with Crippen molar-refractivity contribution in [3.8, 4) is 0 Å². The molecule has 1 aliphatic carbocycles. The molecular formula is C12H18FN3O. The summed E-state index contributed by atoms with van der Waals surface area (Å²) >= 11 is 0. The van der Waals surface area contributed by atoms with Crippen LogP contribution in [0.5, 0.6) is 0 Å². The zero-order valence-electron chi connectivity index (χ0n) is 10.5. The summed E-state index contributed by atoms with van der Waals surface area (Å²) < 4.78 is 19.1. The van der Waals surface area contributed by atoms with Crippen LogP contribution in [0.4, 0.5) is 10.2 Å². The molecule has 1 saturated carbocycles. The normalized spacial score (nSPS) is 16.9. The van der Waals surface area contributed by atoms with Gasteiger partial charge in [0.15, 0.2) is 17.5 Å². The van der Waals surface area contributed by atoms with Gasteiger partial charge in [-0.1, -0.05) is 0 Å². The summed E-state index contributed by atoms with van der Waals surface area (Å²) in [5.41, 5.74) is 0.369. The van der Waals surface area contributed by atoms with E-state index in [1.165, 1.54) is 0 Å². The fourth-order valence-corrected chi connectivity index (χ4v) is 1.90. The third-order valence-corrected chi connectivity index (χ3v) is 2.94. The number of rotatable bonds is 5. The van der Waals surface area contributed by atoms with Gasteiger partial charge < -0.3 is 10.1 Å². The topological polar surface area (TPSA) is 47.0 Å². The number of halogens is 1. The number of hydrogen-bond acceptors (Lipinski definition) is 4. The summed E-state index contributed by atoms with van der Waals surface area (Å²) in [4.78, 5) is 8.43. The third kappa shape index (κ3) is 2.54. The molecule has 5 heteroatoms. The average Bonchev–Trinajstić information content (AvgIpc) is 3.11. The Balaban J connectivity index is 2.33. The van der Waals surface area contributed by atoms with E-state index in [0.29, 0.717) is 24.0 Å². The molecule has 0 bridgehead atoms. The van der Waals surface area contributed by atoms with E-state index in [1.54, 1.807) is 14.0 Å². The second-order valence-electron chi connectivity index (χ2n) is 4.35. The summed E-state index contributed by atoms with van der Waals surface area (Å²) in [6.45, 7) is 4.19. The van der Waals surface area contributed by atoms with Crippen LogP contribution in [0.2, 0.25) is 0 Å². The van der Waals surface area contributed by atoms with Crippen LogP contribution < -0.4 is 5.32 Å². The molecule has 1 atom stereocenters. The molecule has 0 amide bonds. The number of anilines is 1. The third-order valence-electron chi connectivity index (χ3n) is 2.94. The molecule has 0 saturated heterocycles. The SMILES string of the molecule is CCNc1nc(C(OC)C2CC2)nc(C)c1F. The van der Waals surface area contributed by atoms with Gasteiger partial charge in [0, 0.05) is 13.7 Å². The smallest absolute Gasteiger partial charge is 0.186 e. The Kier molecular flexibility index (Phi) is 3.57. The van der Waals surface area contributed by atoms with Gasteiger partial charge in [-0.3, -0.25) is 0 Å². The van der Waals surface area contributed by atoms with Gasteiger partial charge in [-0.05, 0) is 32.6 Å². The van der Waals surface area contributed by atoms with E-state index in [-0.39, 0.29) is 17.7 Å². The number of nitrogens with one attached hydrogen (secondary N) is 1. The van der Waals surface area contributed by atoms with Crippen molar-refractivity contribution in [2.24, 2.45) is 5.92 Å². The molecule has 1 aromatic heterocycles. The zero-order valence-corrected chi connectivity index (χ0v) is 10.5. The lowest BCUT2D eigenvalue weighted by molar-refractivity contribution is 0.0770. The highest BCUT2D eigenvalue weighted by atomic mass is 19.1. The number of methoxy groups -OCH3 is 1. The molecule has 1 N–H and O–H groups in total. The molecule has 1 heterocycles. The maximum Gasteiger partial charge on any atom is 0.186 e. The summed E-state index contributed by atoms with van der Waals surface area (Å²) in [5.74, 6) is 0.975. The molecule has 17 heavy (non-hydrogen) atoms. The minimum absolute atomic E-state index is 0.105. The first-order valence-electron chi connectivity index (χ1n) is 5.98. The molecule has 1 aromatic rings. The van der Waals surface area contributed by atoms with E-state index in [4.69, 9.17) is 4.74 Å². The van der Waals surface area contributed by atoms with Crippen molar-refractivity contribution >= 4 is 5.82 Å². The van der Waals surface area contributed by atoms with Gasteiger partial charge in [0.05, 0.1) is 5.69 Å². The second kappa shape index (κ2) is 4.96. The van der Waals surface area contributed by atoms with E-state index < -0.39 is 0 Å².